The summed E-state index contributed by atoms with van der Waals surface area (Å²) in [6.45, 7) is 4.86. The lowest BCUT2D eigenvalue weighted by molar-refractivity contribution is -0.189. The van der Waals surface area contributed by atoms with Crippen LogP contribution in [0.15, 0.2) is 0 Å². The van der Waals surface area contributed by atoms with Crippen molar-refractivity contribution >= 4 is 23.7 Å². The number of carbonyl (C=O) groups is 2. The molecule has 0 saturated heterocycles. The van der Waals surface area contributed by atoms with Gasteiger partial charge in [-0.05, 0) is 40.0 Å². The Kier molecular flexibility index (Phi) is 8.80. The zero-order valence-electron chi connectivity index (χ0n) is 14.7. The zero-order chi connectivity index (χ0) is 18.2. The van der Waals surface area contributed by atoms with Gasteiger partial charge in [0.05, 0.1) is 12.2 Å². The van der Waals surface area contributed by atoms with Crippen LogP contribution in [0.1, 0.15) is 46.5 Å². The van der Waals surface area contributed by atoms with E-state index in [2.05, 4.69) is 4.74 Å². The fourth-order valence-electron chi connectivity index (χ4n) is 2.60. The van der Waals surface area contributed by atoms with Gasteiger partial charge < -0.3 is 23.7 Å². The first kappa shape index (κ1) is 21.0. The standard InChI is InChI=1S/C16H27ClO7/c1-11(9-21-15(19)22-10-17)24-16(2,3)14(18)23-13-8-6-5-7-12(13)20-4/h11-13H,5-10H2,1-4H3. The average Bonchev–Trinajstić information content (AvgIpc) is 2.53. The first-order chi connectivity index (χ1) is 11.3. The van der Waals surface area contributed by atoms with Crippen molar-refractivity contribution in [3.8, 4) is 0 Å². The van der Waals surface area contributed by atoms with E-state index in [0.717, 1.165) is 25.7 Å². The molecule has 1 saturated carbocycles. The van der Waals surface area contributed by atoms with Crippen molar-refractivity contribution in [2.75, 3.05) is 19.8 Å². The van der Waals surface area contributed by atoms with Crippen molar-refractivity contribution in [3.63, 3.8) is 0 Å². The van der Waals surface area contributed by atoms with Crippen molar-refractivity contribution in [1.82, 2.24) is 0 Å². The molecule has 1 rings (SSSR count). The molecule has 1 aliphatic rings. The lowest BCUT2D eigenvalue weighted by Gasteiger charge is -2.33. The van der Waals surface area contributed by atoms with E-state index in [4.69, 9.17) is 30.5 Å². The first-order valence-electron chi connectivity index (χ1n) is 8.07. The number of ether oxygens (including phenoxy) is 5. The molecule has 0 N–H and O–H groups in total. The van der Waals surface area contributed by atoms with Crippen LogP contribution in [0.3, 0.4) is 0 Å². The van der Waals surface area contributed by atoms with Gasteiger partial charge in [-0.2, -0.15) is 0 Å². The summed E-state index contributed by atoms with van der Waals surface area (Å²) in [6.07, 6.45) is 2.00. The van der Waals surface area contributed by atoms with Gasteiger partial charge in [0.1, 0.15) is 12.7 Å². The van der Waals surface area contributed by atoms with Crippen molar-refractivity contribution in [3.05, 3.63) is 0 Å². The van der Waals surface area contributed by atoms with Crippen molar-refractivity contribution in [2.24, 2.45) is 0 Å². The molecule has 1 aliphatic carbocycles. The molecule has 0 aromatic rings. The molecule has 8 heteroatoms. The Morgan fingerprint density at radius 1 is 1.17 bits per heavy atom. The molecule has 0 aliphatic heterocycles. The number of hydrogen-bond donors (Lipinski definition) is 0. The molecule has 24 heavy (non-hydrogen) atoms. The topological polar surface area (TPSA) is 80.3 Å². The van der Waals surface area contributed by atoms with Gasteiger partial charge in [0, 0.05) is 7.11 Å². The summed E-state index contributed by atoms with van der Waals surface area (Å²) in [7, 11) is 1.62. The van der Waals surface area contributed by atoms with E-state index in [1.807, 2.05) is 0 Å². The molecule has 3 atom stereocenters. The van der Waals surface area contributed by atoms with Gasteiger partial charge in [-0.3, -0.25) is 0 Å². The quantitative estimate of drug-likeness (QED) is 0.482. The van der Waals surface area contributed by atoms with Gasteiger partial charge in [-0.15, -0.1) is 0 Å². The van der Waals surface area contributed by atoms with E-state index < -0.39 is 23.8 Å². The maximum atomic E-state index is 12.4. The minimum Gasteiger partial charge on any atom is -0.457 e. The van der Waals surface area contributed by atoms with Crippen LogP contribution in [-0.2, 0) is 28.5 Å². The Labute approximate surface area is 147 Å². The summed E-state index contributed by atoms with van der Waals surface area (Å²) in [6, 6.07) is -0.284. The van der Waals surface area contributed by atoms with Gasteiger partial charge in [-0.1, -0.05) is 18.0 Å². The lowest BCUT2D eigenvalue weighted by atomic mass is 9.94. The van der Waals surface area contributed by atoms with Crippen molar-refractivity contribution in [1.29, 1.82) is 0 Å². The van der Waals surface area contributed by atoms with Crippen LogP contribution < -0.4 is 0 Å². The Hall–Kier alpha value is -1.05. The van der Waals surface area contributed by atoms with Crippen molar-refractivity contribution < 1.29 is 33.3 Å². The van der Waals surface area contributed by atoms with Crippen LogP contribution in [0.25, 0.3) is 0 Å². The number of rotatable bonds is 8. The van der Waals surface area contributed by atoms with E-state index in [9.17, 15) is 9.59 Å². The second-order valence-electron chi connectivity index (χ2n) is 6.26. The summed E-state index contributed by atoms with van der Waals surface area (Å²) in [5.41, 5.74) is -1.17. The van der Waals surface area contributed by atoms with E-state index in [-0.39, 0.29) is 24.9 Å². The average molecular weight is 367 g/mol. The number of hydrogen-bond acceptors (Lipinski definition) is 7. The van der Waals surface area contributed by atoms with Crippen LogP contribution in [0.2, 0.25) is 0 Å². The van der Waals surface area contributed by atoms with Gasteiger partial charge in [-0.25, -0.2) is 9.59 Å². The number of halogens is 1. The second kappa shape index (κ2) is 10.1. The SMILES string of the molecule is COC1CCCCC1OC(=O)C(C)(C)OC(C)COC(=O)OCCl. The predicted molar refractivity (Wildman–Crippen MR) is 86.9 cm³/mol. The zero-order valence-corrected chi connectivity index (χ0v) is 15.5. The van der Waals surface area contributed by atoms with E-state index >= 15 is 0 Å². The number of esters is 1. The fraction of sp³-hybridized carbons (Fsp3) is 0.875. The monoisotopic (exact) mass is 366 g/mol. The molecule has 0 heterocycles. The molecule has 0 spiro atoms. The van der Waals surface area contributed by atoms with E-state index in [1.54, 1.807) is 27.9 Å². The third-order valence-electron chi connectivity index (χ3n) is 3.80. The van der Waals surface area contributed by atoms with E-state index in [0.29, 0.717) is 0 Å². The lowest BCUT2D eigenvalue weighted by Crippen LogP contribution is -2.45. The largest absolute Gasteiger partial charge is 0.509 e. The van der Waals surface area contributed by atoms with Gasteiger partial charge in [0.15, 0.2) is 11.7 Å². The number of alkyl halides is 1. The minimum absolute atomic E-state index is 0.0590. The smallest absolute Gasteiger partial charge is 0.457 e. The first-order valence-corrected chi connectivity index (χ1v) is 8.60. The molecule has 7 nitrogen and oxygen atoms in total. The highest BCUT2D eigenvalue weighted by Crippen LogP contribution is 2.26. The summed E-state index contributed by atoms with van der Waals surface area (Å²) in [5.74, 6) is -0.466. The maximum absolute atomic E-state index is 12.4. The molecule has 0 bridgehead atoms. The fourth-order valence-corrected chi connectivity index (χ4v) is 2.69. The number of methoxy groups -OCH3 is 1. The van der Waals surface area contributed by atoms with Crippen LogP contribution in [-0.4, -0.2) is 55.8 Å². The Balaban J connectivity index is 2.47. The molecule has 140 valence electrons. The Bertz CT molecular complexity index is 413. The molecular formula is C16H27ClO7. The third kappa shape index (κ3) is 6.83. The third-order valence-corrected chi connectivity index (χ3v) is 3.91. The van der Waals surface area contributed by atoms with E-state index in [1.165, 1.54) is 0 Å². The van der Waals surface area contributed by atoms with Crippen LogP contribution >= 0.6 is 11.6 Å². The van der Waals surface area contributed by atoms with Gasteiger partial charge in [0.25, 0.3) is 0 Å². The van der Waals surface area contributed by atoms with Crippen LogP contribution in [0.4, 0.5) is 4.79 Å². The predicted octanol–water partition coefficient (Wildman–Crippen LogP) is 3.02. The Morgan fingerprint density at radius 2 is 1.79 bits per heavy atom. The highest BCUT2D eigenvalue weighted by molar-refractivity contribution is 6.17. The molecule has 0 aromatic carbocycles. The highest BCUT2D eigenvalue weighted by Gasteiger charge is 2.37. The molecular weight excluding hydrogens is 340 g/mol. The van der Waals surface area contributed by atoms with Gasteiger partial charge >= 0.3 is 12.1 Å². The van der Waals surface area contributed by atoms with Crippen LogP contribution in [0.5, 0.6) is 0 Å². The number of carbonyl (C=O) groups excluding carboxylic acids is 2. The molecule has 1 fully saturated rings. The maximum Gasteiger partial charge on any atom is 0.509 e. The summed E-state index contributed by atoms with van der Waals surface area (Å²) in [5, 5.41) is 0. The highest BCUT2D eigenvalue weighted by atomic mass is 35.5. The van der Waals surface area contributed by atoms with Crippen molar-refractivity contribution in [2.45, 2.75) is 70.4 Å². The molecule has 0 aromatic heterocycles. The molecule has 0 radical (unpaired) electrons. The molecule has 3 unspecified atom stereocenters. The molecule has 0 amide bonds. The summed E-state index contributed by atoms with van der Waals surface area (Å²) in [4.78, 5) is 23.5. The second-order valence-corrected chi connectivity index (χ2v) is 6.47. The van der Waals surface area contributed by atoms with Gasteiger partial charge in [0.2, 0.25) is 0 Å². The normalized spacial score (nSPS) is 22.5. The summed E-state index contributed by atoms with van der Waals surface area (Å²) < 4.78 is 25.9. The minimum atomic E-state index is -1.17. The van der Waals surface area contributed by atoms with Crippen LogP contribution in [0, 0.1) is 0 Å². The summed E-state index contributed by atoms with van der Waals surface area (Å²) >= 11 is 5.25. The Morgan fingerprint density at radius 3 is 2.38 bits per heavy atom.